The molecule has 1 saturated heterocycles. The second-order valence-electron chi connectivity index (χ2n) is 6.20. The largest absolute Gasteiger partial charge is 0.463 e. The third-order valence-electron chi connectivity index (χ3n) is 4.01. The van der Waals surface area contributed by atoms with Crippen LogP contribution < -0.4 is 0 Å². The maximum atomic E-state index is 11.6. The Balaban J connectivity index is 2.34. The number of hydrogen-bond donors (Lipinski definition) is 0. The highest BCUT2D eigenvalue weighted by atomic mass is 32.1. The average molecular weight is 385 g/mol. The predicted molar refractivity (Wildman–Crippen MR) is 91.4 cm³/mol. The molecule has 1 fully saturated rings. The summed E-state index contributed by atoms with van der Waals surface area (Å²) in [5.41, 5.74) is 0.625. The second kappa shape index (κ2) is 8.59. The van der Waals surface area contributed by atoms with Crippen LogP contribution in [-0.2, 0) is 33.3 Å². The number of esters is 3. The van der Waals surface area contributed by atoms with Gasteiger partial charge < -0.3 is 18.9 Å². The first-order valence-corrected chi connectivity index (χ1v) is 9.12. The van der Waals surface area contributed by atoms with E-state index < -0.39 is 42.3 Å². The summed E-state index contributed by atoms with van der Waals surface area (Å²) in [6.07, 6.45) is -2.76. The molecule has 1 aromatic rings. The Morgan fingerprint density at radius 3 is 2.23 bits per heavy atom. The molecule has 0 amide bonds. The zero-order valence-electron chi connectivity index (χ0n) is 15.4. The summed E-state index contributed by atoms with van der Waals surface area (Å²) in [7, 11) is 0. The van der Waals surface area contributed by atoms with E-state index in [0.717, 1.165) is 5.01 Å². The zero-order valence-corrected chi connectivity index (χ0v) is 16.2. The normalized spacial score (nSPS) is 28.3. The van der Waals surface area contributed by atoms with Crippen molar-refractivity contribution >= 4 is 29.2 Å². The van der Waals surface area contributed by atoms with Gasteiger partial charge in [-0.3, -0.25) is 14.4 Å². The van der Waals surface area contributed by atoms with Gasteiger partial charge in [0.25, 0.3) is 0 Å². The fourth-order valence-electron chi connectivity index (χ4n) is 2.96. The smallest absolute Gasteiger partial charge is 0.303 e. The van der Waals surface area contributed by atoms with Gasteiger partial charge in [0.2, 0.25) is 0 Å². The van der Waals surface area contributed by atoms with Crippen molar-refractivity contribution in [2.24, 2.45) is 5.92 Å². The first kappa shape index (κ1) is 20.3. The maximum Gasteiger partial charge on any atom is 0.303 e. The molecule has 0 spiro atoms. The first-order valence-electron chi connectivity index (χ1n) is 8.24. The van der Waals surface area contributed by atoms with Gasteiger partial charge in [-0.1, -0.05) is 6.92 Å². The Bertz CT molecular complexity index is 672. The zero-order chi connectivity index (χ0) is 19.4. The minimum absolute atomic E-state index is 0.0793. The van der Waals surface area contributed by atoms with Crippen LogP contribution in [0.25, 0.3) is 0 Å². The fourth-order valence-corrected chi connectivity index (χ4v) is 3.60. The van der Waals surface area contributed by atoms with Gasteiger partial charge >= 0.3 is 17.9 Å². The SMILES string of the molecule is CC(=O)OC[C@H]1O[C@@H](c2csc(C)n2)[C@H](OC(C)=O)[C@@H](C)[C@H]1OC(C)=O. The van der Waals surface area contributed by atoms with E-state index in [1.807, 2.05) is 12.3 Å². The summed E-state index contributed by atoms with van der Waals surface area (Å²) in [5.74, 6) is -1.82. The molecule has 8 nitrogen and oxygen atoms in total. The number of ether oxygens (including phenoxy) is 4. The highest BCUT2D eigenvalue weighted by Crippen LogP contribution is 2.39. The molecular formula is C17H23NO7S. The summed E-state index contributed by atoms with van der Waals surface area (Å²) in [6.45, 7) is 7.46. The third-order valence-corrected chi connectivity index (χ3v) is 4.80. The van der Waals surface area contributed by atoms with Crippen LogP contribution in [0.1, 0.15) is 44.5 Å². The fraction of sp³-hybridized carbons (Fsp3) is 0.647. The first-order chi connectivity index (χ1) is 12.2. The van der Waals surface area contributed by atoms with Gasteiger partial charge in [-0.05, 0) is 6.92 Å². The molecule has 2 rings (SSSR count). The molecule has 0 radical (unpaired) electrons. The van der Waals surface area contributed by atoms with Crippen molar-refractivity contribution in [3.63, 3.8) is 0 Å². The molecule has 0 unspecified atom stereocenters. The molecule has 5 atom stereocenters. The standard InChI is InChI=1S/C17H23NO7S/c1-8-15(23-11(4)20)14(6-22-10(3)19)25-17(16(8)24-12(5)21)13-7-26-9(2)18-13/h7-8,14-17H,6H2,1-5H3/t8-,14+,15+,16+,17-/m0/s1. The van der Waals surface area contributed by atoms with E-state index in [-0.39, 0.29) is 12.5 Å². The van der Waals surface area contributed by atoms with E-state index in [0.29, 0.717) is 5.69 Å². The molecule has 0 aliphatic carbocycles. The van der Waals surface area contributed by atoms with Crippen molar-refractivity contribution in [2.45, 2.75) is 59.0 Å². The van der Waals surface area contributed by atoms with Crippen molar-refractivity contribution in [2.75, 3.05) is 6.61 Å². The lowest BCUT2D eigenvalue weighted by Crippen LogP contribution is -2.54. The van der Waals surface area contributed by atoms with Crippen LogP contribution in [0.3, 0.4) is 0 Å². The number of nitrogens with zero attached hydrogens (tertiary/aromatic N) is 1. The number of rotatable bonds is 5. The second-order valence-corrected chi connectivity index (χ2v) is 7.26. The maximum absolute atomic E-state index is 11.6. The van der Waals surface area contributed by atoms with Gasteiger partial charge in [0.15, 0.2) is 0 Å². The summed E-state index contributed by atoms with van der Waals surface area (Å²) >= 11 is 1.45. The number of hydrogen-bond acceptors (Lipinski definition) is 9. The Morgan fingerprint density at radius 2 is 1.73 bits per heavy atom. The van der Waals surface area contributed by atoms with Gasteiger partial charge in [-0.2, -0.15) is 0 Å². The summed E-state index contributed by atoms with van der Waals surface area (Å²) in [6, 6.07) is 0. The van der Waals surface area contributed by atoms with Gasteiger partial charge in [0.1, 0.15) is 31.0 Å². The molecule has 26 heavy (non-hydrogen) atoms. The van der Waals surface area contributed by atoms with E-state index in [2.05, 4.69) is 4.98 Å². The Kier molecular flexibility index (Phi) is 6.71. The number of thiazole rings is 1. The van der Waals surface area contributed by atoms with E-state index in [1.54, 1.807) is 6.92 Å². The van der Waals surface area contributed by atoms with Crippen LogP contribution in [-0.4, -0.2) is 47.8 Å². The van der Waals surface area contributed by atoms with E-state index in [1.165, 1.54) is 32.1 Å². The minimum atomic E-state index is -0.729. The minimum Gasteiger partial charge on any atom is -0.463 e. The lowest BCUT2D eigenvalue weighted by atomic mass is 9.86. The molecule has 1 aliphatic rings. The van der Waals surface area contributed by atoms with Crippen LogP contribution >= 0.6 is 11.3 Å². The van der Waals surface area contributed by atoms with E-state index in [9.17, 15) is 14.4 Å². The molecule has 0 aromatic carbocycles. The lowest BCUT2D eigenvalue weighted by molar-refractivity contribution is -0.231. The molecule has 9 heteroatoms. The van der Waals surface area contributed by atoms with Gasteiger partial charge in [0, 0.05) is 32.1 Å². The predicted octanol–water partition coefficient (Wildman–Crippen LogP) is 1.95. The average Bonchev–Trinajstić information content (AvgIpc) is 2.95. The molecule has 1 aliphatic heterocycles. The molecule has 2 heterocycles. The molecule has 0 saturated carbocycles. The Morgan fingerprint density at radius 1 is 1.12 bits per heavy atom. The summed E-state index contributed by atoms with van der Waals surface area (Å²) < 4.78 is 22.0. The molecule has 0 N–H and O–H groups in total. The van der Waals surface area contributed by atoms with Crippen LogP contribution in [0, 0.1) is 12.8 Å². The molecule has 1 aromatic heterocycles. The van der Waals surface area contributed by atoms with Crippen LogP contribution in [0.15, 0.2) is 5.38 Å². The van der Waals surface area contributed by atoms with Crippen LogP contribution in [0.4, 0.5) is 0 Å². The van der Waals surface area contributed by atoms with Gasteiger partial charge in [0.05, 0.1) is 10.7 Å². The van der Waals surface area contributed by atoms with Gasteiger partial charge in [-0.15, -0.1) is 11.3 Å². The number of carbonyl (C=O) groups is 3. The van der Waals surface area contributed by atoms with Crippen molar-refractivity contribution in [1.29, 1.82) is 0 Å². The van der Waals surface area contributed by atoms with Gasteiger partial charge in [-0.25, -0.2) is 4.98 Å². The summed E-state index contributed by atoms with van der Waals surface area (Å²) in [5, 5.41) is 2.68. The van der Waals surface area contributed by atoms with Crippen molar-refractivity contribution in [3.8, 4) is 0 Å². The van der Waals surface area contributed by atoms with Crippen molar-refractivity contribution in [1.82, 2.24) is 4.98 Å². The number of carbonyl (C=O) groups excluding carboxylic acids is 3. The molecular weight excluding hydrogens is 362 g/mol. The van der Waals surface area contributed by atoms with Crippen molar-refractivity contribution < 1.29 is 33.3 Å². The lowest BCUT2D eigenvalue weighted by Gasteiger charge is -2.43. The highest BCUT2D eigenvalue weighted by molar-refractivity contribution is 7.09. The van der Waals surface area contributed by atoms with E-state index in [4.69, 9.17) is 18.9 Å². The molecule has 144 valence electrons. The Hall–Kier alpha value is -2.00. The van der Waals surface area contributed by atoms with Crippen molar-refractivity contribution in [3.05, 3.63) is 16.1 Å². The Labute approximate surface area is 155 Å². The highest BCUT2D eigenvalue weighted by Gasteiger charge is 2.48. The number of aromatic nitrogens is 1. The molecule has 0 bridgehead atoms. The number of aryl methyl sites for hydroxylation is 1. The third kappa shape index (κ3) is 5.01. The monoisotopic (exact) mass is 385 g/mol. The topological polar surface area (TPSA) is 101 Å². The summed E-state index contributed by atoms with van der Waals surface area (Å²) in [4.78, 5) is 38.7. The van der Waals surface area contributed by atoms with E-state index >= 15 is 0 Å². The quantitative estimate of drug-likeness (QED) is 0.560. The van der Waals surface area contributed by atoms with Crippen LogP contribution in [0.2, 0.25) is 0 Å². The van der Waals surface area contributed by atoms with Crippen LogP contribution in [0.5, 0.6) is 0 Å².